The molecule has 1 aromatic heterocycles. The Labute approximate surface area is 214 Å². The van der Waals surface area contributed by atoms with Gasteiger partial charge in [-0.15, -0.1) is 0 Å². The zero-order valence-electron chi connectivity index (χ0n) is 21.0. The van der Waals surface area contributed by atoms with E-state index in [0.717, 1.165) is 46.9 Å². The summed E-state index contributed by atoms with van der Waals surface area (Å²) < 4.78 is 34.6. The zero-order chi connectivity index (χ0) is 26.3. The van der Waals surface area contributed by atoms with Gasteiger partial charge >= 0.3 is 12.1 Å². The third-order valence-corrected chi connectivity index (χ3v) is 7.94. The van der Waals surface area contributed by atoms with Crippen molar-refractivity contribution in [2.45, 2.75) is 64.0 Å². The first-order valence-electron chi connectivity index (χ1n) is 12.8. The van der Waals surface area contributed by atoms with E-state index >= 15 is 0 Å². The Morgan fingerprint density at radius 1 is 1.19 bits per heavy atom. The van der Waals surface area contributed by atoms with E-state index in [4.69, 9.17) is 9.72 Å². The van der Waals surface area contributed by atoms with Gasteiger partial charge in [0.1, 0.15) is 5.82 Å². The Morgan fingerprint density at radius 2 is 2.00 bits per heavy atom. The van der Waals surface area contributed by atoms with Crippen LogP contribution >= 0.6 is 0 Å². The van der Waals surface area contributed by atoms with Gasteiger partial charge in [-0.1, -0.05) is 25.5 Å². The van der Waals surface area contributed by atoms with Crippen LogP contribution in [0.5, 0.6) is 0 Å². The maximum Gasteiger partial charge on any atom is 0.409 e. The van der Waals surface area contributed by atoms with Crippen LogP contribution in [0.3, 0.4) is 0 Å². The molecule has 5 rings (SSSR count). The number of halogens is 2. The van der Waals surface area contributed by atoms with Crippen molar-refractivity contribution < 1.29 is 28.2 Å². The molecule has 0 bridgehead atoms. The molecule has 37 heavy (non-hydrogen) atoms. The Morgan fingerprint density at radius 3 is 2.73 bits per heavy atom. The number of fused-ring (bicyclic) bond motifs is 3. The standard InChI is InChI=1S/C28H31F2N3O4/c1-16(18-6-8-22(29)23(30)13-18)14-33-24-9-7-17-10-11-32(28(36)37-2)15-21(17)25(24)31-26(33)19-4-3-5-20(12-19)27(34)35/h6-9,13,16,19-20H,3-5,10-12,14-15H2,1-2H3,(H,34,35)/t16-,19+,20+/m0/s1. The molecule has 196 valence electrons. The summed E-state index contributed by atoms with van der Waals surface area (Å²) in [5.41, 5.74) is 4.47. The fraction of sp³-hybridized carbons (Fsp3) is 0.464. The van der Waals surface area contributed by atoms with E-state index in [-0.39, 0.29) is 17.9 Å². The second-order valence-electron chi connectivity index (χ2n) is 10.3. The summed E-state index contributed by atoms with van der Waals surface area (Å²) in [6, 6.07) is 8.07. The summed E-state index contributed by atoms with van der Waals surface area (Å²) in [6.07, 6.45) is 3.11. The maximum absolute atomic E-state index is 14.0. The average molecular weight is 512 g/mol. The number of carbonyl (C=O) groups excluding carboxylic acids is 1. The van der Waals surface area contributed by atoms with E-state index in [1.807, 2.05) is 13.0 Å². The minimum absolute atomic E-state index is 0.0321. The van der Waals surface area contributed by atoms with Crippen LogP contribution in [0, 0.1) is 17.6 Å². The number of aliphatic carboxylic acids is 1. The van der Waals surface area contributed by atoms with Crippen molar-refractivity contribution in [2.75, 3.05) is 13.7 Å². The number of rotatable bonds is 5. The lowest BCUT2D eigenvalue weighted by Gasteiger charge is -2.28. The summed E-state index contributed by atoms with van der Waals surface area (Å²) in [7, 11) is 1.37. The van der Waals surface area contributed by atoms with Crippen LogP contribution in [0.25, 0.3) is 11.0 Å². The SMILES string of the molecule is COC(=O)N1CCc2ccc3c(nc([C@@H]4CCC[C@@H](C(=O)O)C4)n3C[C@H](C)c3ccc(F)c(F)c3)c2C1. The number of carboxylic acids is 1. The number of methoxy groups -OCH3 is 1. The Bertz CT molecular complexity index is 1350. The number of hydrogen-bond acceptors (Lipinski definition) is 4. The second-order valence-corrected chi connectivity index (χ2v) is 10.3. The van der Waals surface area contributed by atoms with E-state index in [1.54, 1.807) is 11.0 Å². The van der Waals surface area contributed by atoms with Crippen molar-refractivity contribution in [2.24, 2.45) is 5.92 Å². The molecule has 3 aromatic rings. The summed E-state index contributed by atoms with van der Waals surface area (Å²) in [5.74, 6) is -2.32. The number of nitrogens with zero attached hydrogens (tertiary/aromatic N) is 3. The number of amides is 1. The lowest BCUT2D eigenvalue weighted by atomic mass is 9.81. The van der Waals surface area contributed by atoms with Crippen molar-refractivity contribution >= 4 is 23.1 Å². The van der Waals surface area contributed by atoms with Gasteiger partial charge in [-0.25, -0.2) is 18.6 Å². The first kappa shape index (κ1) is 25.2. The van der Waals surface area contributed by atoms with Gasteiger partial charge in [0.2, 0.25) is 0 Å². The predicted octanol–water partition coefficient (Wildman–Crippen LogP) is 5.60. The Hall–Kier alpha value is -3.49. The van der Waals surface area contributed by atoms with Gasteiger partial charge in [-0.2, -0.15) is 0 Å². The molecule has 1 aliphatic carbocycles. The smallest absolute Gasteiger partial charge is 0.409 e. The van der Waals surface area contributed by atoms with Crippen LogP contribution in [0.15, 0.2) is 30.3 Å². The van der Waals surface area contributed by atoms with Gasteiger partial charge in [-0.05, 0) is 60.9 Å². The Kier molecular flexibility index (Phi) is 6.88. The normalized spacial score (nSPS) is 20.5. The number of carbonyl (C=O) groups is 2. The maximum atomic E-state index is 14.0. The fourth-order valence-corrected chi connectivity index (χ4v) is 5.88. The number of benzene rings is 2. The summed E-state index contributed by atoms with van der Waals surface area (Å²) >= 11 is 0. The first-order valence-corrected chi connectivity index (χ1v) is 12.8. The van der Waals surface area contributed by atoms with Crippen LogP contribution < -0.4 is 0 Å². The van der Waals surface area contributed by atoms with Crippen molar-refractivity contribution in [3.05, 3.63) is 64.5 Å². The van der Waals surface area contributed by atoms with E-state index in [0.29, 0.717) is 44.5 Å². The van der Waals surface area contributed by atoms with E-state index in [2.05, 4.69) is 10.6 Å². The molecule has 2 aromatic carbocycles. The number of aromatic nitrogens is 2. The minimum atomic E-state index is -0.881. The highest BCUT2D eigenvalue weighted by atomic mass is 19.2. The molecule has 9 heteroatoms. The molecule has 1 saturated carbocycles. The van der Waals surface area contributed by atoms with Gasteiger partial charge in [0, 0.05) is 24.6 Å². The largest absolute Gasteiger partial charge is 0.481 e. The minimum Gasteiger partial charge on any atom is -0.481 e. The molecule has 2 aliphatic rings. The Balaban J connectivity index is 1.59. The topological polar surface area (TPSA) is 84.7 Å². The number of carboxylic acid groups (broad SMARTS) is 1. The monoisotopic (exact) mass is 511 g/mol. The molecule has 1 aliphatic heterocycles. The highest BCUT2D eigenvalue weighted by Gasteiger charge is 2.33. The van der Waals surface area contributed by atoms with Crippen molar-refractivity contribution in [3.63, 3.8) is 0 Å². The molecule has 2 heterocycles. The molecular weight excluding hydrogens is 480 g/mol. The van der Waals surface area contributed by atoms with Gasteiger partial charge in [0.15, 0.2) is 11.6 Å². The average Bonchev–Trinajstić information content (AvgIpc) is 3.28. The van der Waals surface area contributed by atoms with Crippen LogP contribution in [-0.4, -0.2) is 45.3 Å². The van der Waals surface area contributed by atoms with Crippen molar-refractivity contribution in [1.82, 2.24) is 14.5 Å². The third kappa shape index (κ3) is 4.79. The summed E-state index contributed by atoms with van der Waals surface area (Å²) in [6.45, 7) is 3.39. The third-order valence-electron chi connectivity index (χ3n) is 7.94. The van der Waals surface area contributed by atoms with Crippen LogP contribution in [0.1, 0.15) is 67.0 Å². The van der Waals surface area contributed by atoms with Crippen LogP contribution in [-0.2, 0) is 29.0 Å². The quantitative estimate of drug-likeness (QED) is 0.482. The van der Waals surface area contributed by atoms with Crippen LogP contribution in [0.2, 0.25) is 0 Å². The molecule has 3 atom stereocenters. The molecular formula is C28H31F2N3O4. The van der Waals surface area contributed by atoms with Crippen molar-refractivity contribution in [3.8, 4) is 0 Å². The lowest BCUT2D eigenvalue weighted by Crippen LogP contribution is -2.35. The zero-order valence-corrected chi connectivity index (χ0v) is 21.0. The predicted molar refractivity (Wildman–Crippen MR) is 133 cm³/mol. The number of ether oxygens (including phenoxy) is 1. The lowest BCUT2D eigenvalue weighted by molar-refractivity contribution is -0.143. The van der Waals surface area contributed by atoms with Crippen LogP contribution in [0.4, 0.5) is 13.6 Å². The molecule has 0 spiro atoms. The van der Waals surface area contributed by atoms with E-state index < -0.39 is 23.5 Å². The van der Waals surface area contributed by atoms with Gasteiger partial charge < -0.3 is 19.3 Å². The second kappa shape index (κ2) is 10.1. The summed E-state index contributed by atoms with van der Waals surface area (Å²) in [4.78, 5) is 30.8. The highest BCUT2D eigenvalue weighted by molar-refractivity contribution is 5.82. The summed E-state index contributed by atoms with van der Waals surface area (Å²) in [5, 5.41) is 9.67. The number of imidazole rings is 1. The first-order chi connectivity index (χ1) is 17.8. The van der Waals surface area contributed by atoms with Gasteiger partial charge in [0.25, 0.3) is 0 Å². The molecule has 1 N–H and O–H groups in total. The highest BCUT2D eigenvalue weighted by Crippen LogP contribution is 2.39. The van der Waals surface area contributed by atoms with Crippen molar-refractivity contribution in [1.29, 1.82) is 0 Å². The molecule has 7 nitrogen and oxygen atoms in total. The number of hydrogen-bond donors (Lipinski definition) is 1. The van der Waals surface area contributed by atoms with E-state index in [1.165, 1.54) is 13.2 Å². The molecule has 1 amide bonds. The van der Waals surface area contributed by atoms with E-state index in [9.17, 15) is 23.5 Å². The fourth-order valence-electron chi connectivity index (χ4n) is 5.88. The van der Waals surface area contributed by atoms with Gasteiger partial charge in [-0.3, -0.25) is 4.79 Å². The molecule has 0 unspecified atom stereocenters. The molecule has 1 fully saturated rings. The van der Waals surface area contributed by atoms with Gasteiger partial charge in [0.05, 0.1) is 30.6 Å². The molecule has 0 radical (unpaired) electrons. The molecule has 0 saturated heterocycles.